The van der Waals surface area contributed by atoms with Gasteiger partial charge in [0.05, 0.1) is 25.4 Å². The third-order valence-corrected chi connectivity index (χ3v) is 6.41. The van der Waals surface area contributed by atoms with E-state index in [9.17, 15) is 22.7 Å². The first-order valence-electron chi connectivity index (χ1n) is 10.1. The Hall–Kier alpha value is -3.54. The molecule has 0 aromatic carbocycles. The molecule has 0 saturated carbocycles. The molecular formula is C22H24F2N4O5S. The molecule has 0 saturated heterocycles. The van der Waals surface area contributed by atoms with Gasteiger partial charge in [-0.3, -0.25) is 0 Å². The Morgan fingerprint density at radius 2 is 1.91 bits per heavy atom. The SMILES string of the molecule is COc1ccc(S(=O)(=O)n2cc(CN(CC(C)(C)C)C(=O)O)c(F)c2-c2cccnc2F)cn1. The number of hydrogen-bond acceptors (Lipinski definition) is 6. The quantitative estimate of drug-likeness (QED) is 0.494. The van der Waals surface area contributed by atoms with Crippen LogP contribution in [0.15, 0.2) is 47.8 Å². The lowest BCUT2D eigenvalue weighted by Crippen LogP contribution is -2.36. The number of carbonyl (C=O) groups is 1. The van der Waals surface area contributed by atoms with Crippen LogP contribution in [0.25, 0.3) is 11.3 Å². The smallest absolute Gasteiger partial charge is 0.407 e. The van der Waals surface area contributed by atoms with Crippen molar-refractivity contribution in [1.29, 1.82) is 0 Å². The fourth-order valence-electron chi connectivity index (χ4n) is 3.33. The highest BCUT2D eigenvalue weighted by Gasteiger charge is 2.31. The van der Waals surface area contributed by atoms with Crippen molar-refractivity contribution in [2.45, 2.75) is 32.2 Å². The van der Waals surface area contributed by atoms with Gasteiger partial charge in [-0.25, -0.2) is 31.5 Å². The molecule has 0 aliphatic rings. The van der Waals surface area contributed by atoms with Crippen molar-refractivity contribution >= 4 is 16.1 Å². The van der Waals surface area contributed by atoms with Gasteiger partial charge in [-0.15, -0.1) is 0 Å². The first-order valence-corrected chi connectivity index (χ1v) is 11.5. The van der Waals surface area contributed by atoms with Crippen molar-refractivity contribution < 1.29 is 31.8 Å². The molecule has 0 bridgehead atoms. The van der Waals surface area contributed by atoms with E-state index in [1.54, 1.807) is 0 Å². The highest BCUT2D eigenvalue weighted by atomic mass is 32.2. The van der Waals surface area contributed by atoms with E-state index in [4.69, 9.17) is 4.74 Å². The molecule has 3 rings (SSSR count). The molecule has 0 unspecified atom stereocenters. The lowest BCUT2D eigenvalue weighted by Gasteiger charge is -2.27. The van der Waals surface area contributed by atoms with Gasteiger partial charge in [0.1, 0.15) is 10.6 Å². The third kappa shape index (κ3) is 5.16. The number of methoxy groups -OCH3 is 1. The maximum absolute atomic E-state index is 15.6. The highest BCUT2D eigenvalue weighted by Crippen LogP contribution is 2.33. The van der Waals surface area contributed by atoms with Gasteiger partial charge in [0, 0.05) is 30.6 Å². The minimum atomic E-state index is -4.45. The molecule has 0 radical (unpaired) electrons. The summed E-state index contributed by atoms with van der Waals surface area (Å²) in [6, 6.07) is 5.05. The summed E-state index contributed by atoms with van der Waals surface area (Å²) < 4.78 is 62.5. The molecule has 0 aliphatic carbocycles. The molecular weight excluding hydrogens is 470 g/mol. The van der Waals surface area contributed by atoms with Crippen molar-refractivity contribution in [3.05, 3.63) is 60.2 Å². The van der Waals surface area contributed by atoms with E-state index >= 15 is 4.39 Å². The molecule has 3 heterocycles. The summed E-state index contributed by atoms with van der Waals surface area (Å²) in [5, 5.41) is 9.60. The van der Waals surface area contributed by atoms with Crippen molar-refractivity contribution in [3.8, 4) is 17.1 Å². The zero-order valence-electron chi connectivity index (χ0n) is 19.0. The average Bonchev–Trinajstić information content (AvgIpc) is 3.09. The van der Waals surface area contributed by atoms with E-state index < -0.39 is 51.1 Å². The Bertz CT molecular complexity index is 1300. The van der Waals surface area contributed by atoms with Crippen LogP contribution < -0.4 is 4.74 Å². The fraction of sp³-hybridized carbons (Fsp3) is 0.318. The second-order valence-corrected chi connectivity index (χ2v) is 10.5. The standard InChI is InChI=1S/C22H24F2N4O5S/c1-22(2,3)13-27(21(29)30)11-14-12-28(19(18(14)23)16-6-5-9-25-20(16)24)34(31,32)15-7-8-17(33-4)26-10-15/h5-10,12H,11,13H2,1-4H3,(H,29,30). The molecule has 0 fully saturated rings. The Morgan fingerprint density at radius 1 is 1.21 bits per heavy atom. The van der Waals surface area contributed by atoms with E-state index in [0.29, 0.717) is 3.97 Å². The van der Waals surface area contributed by atoms with Gasteiger partial charge in [-0.2, -0.15) is 4.39 Å². The van der Waals surface area contributed by atoms with Gasteiger partial charge in [0.2, 0.25) is 11.8 Å². The molecule has 0 atom stereocenters. The van der Waals surface area contributed by atoms with Crippen molar-refractivity contribution in [2.24, 2.45) is 5.41 Å². The second-order valence-electron chi connectivity index (χ2n) is 8.70. The second kappa shape index (κ2) is 9.37. The van der Waals surface area contributed by atoms with Crippen molar-refractivity contribution in [3.63, 3.8) is 0 Å². The van der Waals surface area contributed by atoms with Crippen LogP contribution in [0.5, 0.6) is 5.88 Å². The Balaban J connectivity index is 2.20. The van der Waals surface area contributed by atoms with Crippen LogP contribution in [0, 0.1) is 17.2 Å². The first-order chi connectivity index (χ1) is 15.8. The van der Waals surface area contributed by atoms with E-state index in [1.165, 1.54) is 31.4 Å². The topological polar surface area (TPSA) is 115 Å². The Labute approximate surface area is 195 Å². The number of hydrogen-bond donors (Lipinski definition) is 1. The first kappa shape index (κ1) is 25.1. The summed E-state index contributed by atoms with van der Waals surface area (Å²) >= 11 is 0. The van der Waals surface area contributed by atoms with Gasteiger partial charge in [0.25, 0.3) is 10.0 Å². The summed E-state index contributed by atoms with van der Waals surface area (Å²) in [5.74, 6) is -1.99. The van der Waals surface area contributed by atoms with Crippen LogP contribution >= 0.6 is 0 Å². The number of halogens is 2. The number of rotatable bonds is 7. The van der Waals surface area contributed by atoms with Crippen LogP contribution in [0.1, 0.15) is 26.3 Å². The van der Waals surface area contributed by atoms with E-state index in [-0.39, 0.29) is 22.9 Å². The van der Waals surface area contributed by atoms with Crippen LogP contribution in [0.4, 0.5) is 13.6 Å². The minimum Gasteiger partial charge on any atom is -0.481 e. The number of amides is 1. The molecule has 3 aromatic heterocycles. The van der Waals surface area contributed by atoms with Crippen LogP contribution in [0.3, 0.4) is 0 Å². The Morgan fingerprint density at radius 3 is 2.44 bits per heavy atom. The average molecular weight is 495 g/mol. The Kier molecular flexibility index (Phi) is 6.92. The van der Waals surface area contributed by atoms with Crippen molar-refractivity contribution in [1.82, 2.24) is 18.8 Å². The summed E-state index contributed by atoms with van der Waals surface area (Å²) in [6.07, 6.45) is 1.81. The molecule has 1 N–H and O–H groups in total. The lowest BCUT2D eigenvalue weighted by atomic mass is 9.96. The molecule has 34 heavy (non-hydrogen) atoms. The molecule has 3 aromatic rings. The van der Waals surface area contributed by atoms with Gasteiger partial charge in [-0.1, -0.05) is 20.8 Å². The van der Waals surface area contributed by atoms with Crippen molar-refractivity contribution in [2.75, 3.05) is 13.7 Å². The maximum Gasteiger partial charge on any atom is 0.407 e. The summed E-state index contributed by atoms with van der Waals surface area (Å²) in [6.45, 7) is 5.03. The summed E-state index contributed by atoms with van der Waals surface area (Å²) in [4.78, 5) is 19.8. The molecule has 0 aliphatic heterocycles. The number of aromatic nitrogens is 3. The zero-order chi connectivity index (χ0) is 25.3. The van der Waals surface area contributed by atoms with Gasteiger partial charge >= 0.3 is 6.09 Å². The molecule has 182 valence electrons. The molecule has 12 heteroatoms. The fourth-order valence-corrected chi connectivity index (χ4v) is 4.67. The van der Waals surface area contributed by atoms with E-state index in [0.717, 1.165) is 23.5 Å². The predicted octanol–water partition coefficient (Wildman–Crippen LogP) is 4.00. The van der Waals surface area contributed by atoms with Gasteiger partial charge in [-0.05, 0) is 23.6 Å². The maximum atomic E-state index is 15.6. The molecule has 0 spiro atoms. The third-order valence-electron chi connectivity index (χ3n) is 4.77. The number of pyridine rings is 2. The lowest BCUT2D eigenvalue weighted by molar-refractivity contribution is 0.122. The largest absolute Gasteiger partial charge is 0.481 e. The summed E-state index contributed by atoms with van der Waals surface area (Å²) in [5.41, 5.74) is -1.68. The minimum absolute atomic E-state index is 0.0543. The summed E-state index contributed by atoms with van der Waals surface area (Å²) in [7, 11) is -3.09. The molecule has 9 nitrogen and oxygen atoms in total. The number of carboxylic acid groups (broad SMARTS) is 1. The van der Waals surface area contributed by atoms with E-state index in [2.05, 4.69) is 9.97 Å². The van der Waals surface area contributed by atoms with Crippen LogP contribution in [-0.4, -0.2) is 52.1 Å². The highest BCUT2D eigenvalue weighted by molar-refractivity contribution is 7.90. The van der Waals surface area contributed by atoms with Gasteiger partial charge in [0.15, 0.2) is 5.82 Å². The van der Waals surface area contributed by atoms with Crippen LogP contribution in [0.2, 0.25) is 0 Å². The van der Waals surface area contributed by atoms with E-state index in [1.807, 2.05) is 20.8 Å². The van der Waals surface area contributed by atoms with Gasteiger partial charge < -0.3 is 14.7 Å². The predicted molar refractivity (Wildman–Crippen MR) is 119 cm³/mol. The monoisotopic (exact) mass is 494 g/mol. The number of nitrogens with zero attached hydrogens (tertiary/aromatic N) is 4. The van der Waals surface area contributed by atoms with Crippen LogP contribution in [-0.2, 0) is 16.6 Å². The number of ether oxygens (including phenoxy) is 1. The zero-order valence-corrected chi connectivity index (χ0v) is 19.8. The normalized spacial score (nSPS) is 11.9. The molecule has 1 amide bonds.